The zero-order valence-electron chi connectivity index (χ0n) is 9.52. The highest BCUT2D eigenvalue weighted by molar-refractivity contribution is 6.30. The van der Waals surface area contributed by atoms with Gasteiger partial charge in [0.1, 0.15) is 18.1 Å². The third-order valence-electron chi connectivity index (χ3n) is 2.36. The highest BCUT2D eigenvalue weighted by Crippen LogP contribution is 2.20. The van der Waals surface area contributed by atoms with E-state index in [-0.39, 0.29) is 0 Å². The summed E-state index contributed by atoms with van der Waals surface area (Å²) in [7, 11) is 1.64. The molecule has 0 N–H and O–H groups in total. The molecule has 0 atom stereocenters. The molecular formula is C14H13ClO2. The van der Waals surface area contributed by atoms with Crippen LogP contribution in [-0.4, -0.2) is 7.11 Å². The van der Waals surface area contributed by atoms with Gasteiger partial charge in [-0.25, -0.2) is 0 Å². The number of halogens is 1. The number of benzene rings is 2. The number of hydrogen-bond acceptors (Lipinski definition) is 2. The van der Waals surface area contributed by atoms with E-state index in [0.29, 0.717) is 6.61 Å². The smallest absolute Gasteiger partial charge is 0.123 e. The molecule has 0 heterocycles. The first kappa shape index (κ1) is 11.8. The van der Waals surface area contributed by atoms with Crippen molar-refractivity contribution < 1.29 is 9.47 Å². The van der Waals surface area contributed by atoms with Gasteiger partial charge in [0.15, 0.2) is 0 Å². The molecule has 2 aromatic carbocycles. The van der Waals surface area contributed by atoms with Gasteiger partial charge in [0.05, 0.1) is 7.11 Å². The van der Waals surface area contributed by atoms with E-state index in [1.165, 1.54) is 0 Å². The lowest BCUT2D eigenvalue weighted by Crippen LogP contribution is -1.95. The van der Waals surface area contributed by atoms with Gasteiger partial charge in [-0.15, -0.1) is 0 Å². The van der Waals surface area contributed by atoms with E-state index >= 15 is 0 Å². The maximum absolute atomic E-state index is 5.81. The molecule has 0 spiro atoms. The van der Waals surface area contributed by atoms with E-state index < -0.39 is 0 Å². The predicted octanol–water partition coefficient (Wildman–Crippen LogP) is 3.93. The molecule has 0 aliphatic rings. The Kier molecular flexibility index (Phi) is 3.89. The van der Waals surface area contributed by atoms with Gasteiger partial charge in [0.2, 0.25) is 0 Å². The molecule has 3 heteroatoms. The van der Waals surface area contributed by atoms with E-state index in [1.54, 1.807) is 7.11 Å². The lowest BCUT2D eigenvalue weighted by atomic mass is 10.2. The molecule has 0 amide bonds. The molecule has 0 unspecified atom stereocenters. The molecule has 0 fully saturated rings. The third kappa shape index (κ3) is 3.40. The minimum Gasteiger partial charge on any atom is -0.497 e. The molecule has 0 bridgehead atoms. The number of ether oxygens (including phenoxy) is 2. The van der Waals surface area contributed by atoms with Gasteiger partial charge < -0.3 is 9.47 Å². The fraction of sp³-hybridized carbons (Fsp3) is 0.143. The molecule has 0 saturated carbocycles. The first-order chi connectivity index (χ1) is 8.28. The van der Waals surface area contributed by atoms with Crippen molar-refractivity contribution in [2.75, 3.05) is 7.11 Å². The van der Waals surface area contributed by atoms with Crippen molar-refractivity contribution in [2.45, 2.75) is 6.61 Å². The first-order valence-electron chi connectivity index (χ1n) is 5.29. The fourth-order valence-electron chi connectivity index (χ4n) is 1.44. The molecule has 2 rings (SSSR count). The molecule has 2 aromatic rings. The average molecular weight is 249 g/mol. The van der Waals surface area contributed by atoms with Crippen LogP contribution in [0.15, 0.2) is 48.5 Å². The molecule has 88 valence electrons. The van der Waals surface area contributed by atoms with Crippen molar-refractivity contribution in [3.8, 4) is 11.5 Å². The highest BCUT2D eigenvalue weighted by Gasteiger charge is 1.98. The molecule has 0 saturated heterocycles. The number of methoxy groups -OCH3 is 1. The molecule has 2 nitrogen and oxygen atoms in total. The Morgan fingerprint density at radius 1 is 1.00 bits per heavy atom. The zero-order valence-corrected chi connectivity index (χ0v) is 10.3. The largest absolute Gasteiger partial charge is 0.497 e. The van der Waals surface area contributed by atoms with Crippen molar-refractivity contribution in [3.63, 3.8) is 0 Å². The predicted molar refractivity (Wildman–Crippen MR) is 68.8 cm³/mol. The van der Waals surface area contributed by atoms with Gasteiger partial charge in [-0.1, -0.05) is 29.8 Å². The normalized spacial score (nSPS) is 10.0. The van der Waals surface area contributed by atoms with Crippen molar-refractivity contribution in [1.29, 1.82) is 0 Å². The maximum Gasteiger partial charge on any atom is 0.123 e. The fourth-order valence-corrected chi connectivity index (χ4v) is 1.56. The Labute approximate surface area is 106 Å². The van der Waals surface area contributed by atoms with Crippen molar-refractivity contribution >= 4 is 11.6 Å². The summed E-state index contributed by atoms with van der Waals surface area (Å²) >= 11 is 5.81. The monoisotopic (exact) mass is 248 g/mol. The Balaban J connectivity index is 1.99. The summed E-state index contributed by atoms with van der Waals surface area (Å²) in [5.74, 6) is 1.58. The Morgan fingerprint density at radius 3 is 2.41 bits per heavy atom. The molecule has 0 radical (unpaired) electrons. The van der Waals surface area contributed by atoms with Crippen LogP contribution in [-0.2, 0) is 6.61 Å². The maximum atomic E-state index is 5.81. The van der Waals surface area contributed by atoms with Gasteiger partial charge >= 0.3 is 0 Å². The van der Waals surface area contributed by atoms with E-state index in [1.807, 2.05) is 48.5 Å². The summed E-state index contributed by atoms with van der Waals surface area (Å²) in [5.41, 5.74) is 1.08. The summed E-state index contributed by atoms with van der Waals surface area (Å²) < 4.78 is 10.8. The van der Waals surface area contributed by atoms with Crippen LogP contribution in [0.4, 0.5) is 0 Å². The summed E-state index contributed by atoms with van der Waals surface area (Å²) in [5, 5.41) is 0.732. The second-order valence-corrected chi connectivity index (χ2v) is 4.03. The average Bonchev–Trinajstić information content (AvgIpc) is 2.38. The van der Waals surface area contributed by atoms with Gasteiger partial charge in [0, 0.05) is 11.1 Å². The number of hydrogen-bond donors (Lipinski definition) is 0. The quantitative estimate of drug-likeness (QED) is 0.816. The highest BCUT2D eigenvalue weighted by atomic mass is 35.5. The van der Waals surface area contributed by atoms with E-state index in [4.69, 9.17) is 21.1 Å². The minimum absolute atomic E-state index is 0.518. The Morgan fingerprint density at radius 2 is 1.71 bits per heavy atom. The van der Waals surface area contributed by atoms with Crippen LogP contribution in [0.25, 0.3) is 0 Å². The summed E-state index contributed by atoms with van der Waals surface area (Å²) in [6, 6.07) is 15.1. The van der Waals surface area contributed by atoms with Crippen LogP contribution in [0, 0.1) is 0 Å². The van der Waals surface area contributed by atoms with Gasteiger partial charge in [-0.3, -0.25) is 0 Å². The molecule has 0 aliphatic carbocycles. The van der Waals surface area contributed by atoms with Crippen LogP contribution >= 0.6 is 11.6 Å². The number of rotatable bonds is 4. The van der Waals surface area contributed by atoms with Crippen molar-refractivity contribution in [3.05, 3.63) is 59.1 Å². The topological polar surface area (TPSA) is 18.5 Å². The molecule has 17 heavy (non-hydrogen) atoms. The lowest BCUT2D eigenvalue weighted by molar-refractivity contribution is 0.303. The van der Waals surface area contributed by atoms with Crippen LogP contribution in [0.2, 0.25) is 5.02 Å². The van der Waals surface area contributed by atoms with Gasteiger partial charge in [-0.05, 0) is 29.8 Å². The zero-order chi connectivity index (χ0) is 12.1. The second kappa shape index (κ2) is 5.60. The van der Waals surface area contributed by atoms with Crippen LogP contribution in [0.3, 0.4) is 0 Å². The Bertz CT molecular complexity index is 480. The van der Waals surface area contributed by atoms with Crippen molar-refractivity contribution in [2.24, 2.45) is 0 Å². The summed E-state index contributed by atoms with van der Waals surface area (Å²) in [4.78, 5) is 0. The van der Waals surface area contributed by atoms with Gasteiger partial charge in [0.25, 0.3) is 0 Å². The molecular weight excluding hydrogens is 236 g/mol. The third-order valence-corrected chi connectivity index (χ3v) is 2.61. The Hall–Kier alpha value is -1.67. The molecule has 0 aromatic heterocycles. The first-order valence-corrected chi connectivity index (χ1v) is 5.67. The van der Waals surface area contributed by atoms with E-state index in [9.17, 15) is 0 Å². The van der Waals surface area contributed by atoms with Crippen LogP contribution in [0.1, 0.15) is 5.56 Å². The van der Waals surface area contributed by atoms with Crippen molar-refractivity contribution in [1.82, 2.24) is 0 Å². The standard InChI is InChI=1S/C14H13ClO2/c1-16-13-3-2-4-14(9-13)17-10-11-5-7-12(15)8-6-11/h2-9H,10H2,1H3. The summed E-state index contributed by atoms with van der Waals surface area (Å²) in [6.45, 7) is 0.518. The summed E-state index contributed by atoms with van der Waals surface area (Å²) in [6.07, 6.45) is 0. The van der Waals surface area contributed by atoms with E-state index in [0.717, 1.165) is 22.1 Å². The van der Waals surface area contributed by atoms with E-state index in [2.05, 4.69) is 0 Å². The van der Waals surface area contributed by atoms with Crippen LogP contribution < -0.4 is 9.47 Å². The SMILES string of the molecule is COc1cccc(OCc2ccc(Cl)cc2)c1. The van der Waals surface area contributed by atoms with Crippen LogP contribution in [0.5, 0.6) is 11.5 Å². The van der Waals surface area contributed by atoms with Gasteiger partial charge in [-0.2, -0.15) is 0 Å². The second-order valence-electron chi connectivity index (χ2n) is 3.59. The lowest BCUT2D eigenvalue weighted by Gasteiger charge is -2.07. The minimum atomic E-state index is 0.518. The molecule has 0 aliphatic heterocycles.